The van der Waals surface area contributed by atoms with Crippen molar-refractivity contribution >= 4 is 29.2 Å². The summed E-state index contributed by atoms with van der Waals surface area (Å²) < 4.78 is 1.55. The number of rotatable bonds is 6. The molecule has 112 valence electrons. The molecule has 1 aromatic heterocycles. The summed E-state index contributed by atoms with van der Waals surface area (Å²) in [5, 5.41) is 21.3. The van der Waals surface area contributed by atoms with Gasteiger partial charge in [-0.3, -0.25) is 4.79 Å². The maximum Gasteiger partial charge on any atom is 0.303 e. The summed E-state index contributed by atoms with van der Waals surface area (Å²) in [6.07, 6.45) is 0.772. The Balaban J connectivity index is 2.32. The lowest BCUT2D eigenvalue weighted by molar-refractivity contribution is -0.138. The molecule has 21 heavy (non-hydrogen) atoms. The van der Waals surface area contributed by atoms with Crippen molar-refractivity contribution in [3.8, 4) is 11.4 Å². The molecule has 6 nitrogen and oxygen atoms in total. The van der Waals surface area contributed by atoms with Crippen LogP contribution in [0.3, 0.4) is 0 Å². The van der Waals surface area contributed by atoms with E-state index in [-0.39, 0.29) is 12.3 Å². The molecule has 0 bridgehead atoms. The highest BCUT2D eigenvalue weighted by Gasteiger charge is 2.19. The highest BCUT2D eigenvalue weighted by molar-refractivity contribution is 6.38. The third kappa shape index (κ3) is 3.71. The maximum absolute atomic E-state index is 10.9. The number of tetrazole rings is 1. The first-order chi connectivity index (χ1) is 10.0. The minimum absolute atomic E-state index is 0.0616. The number of hydrogen-bond donors (Lipinski definition) is 1. The minimum Gasteiger partial charge on any atom is -0.481 e. The van der Waals surface area contributed by atoms with Crippen molar-refractivity contribution in [2.24, 2.45) is 5.92 Å². The van der Waals surface area contributed by atoms with Crippen LogP contribution in [0.5, 0.6) is 0 Å². The number of nitrogens with zero attached hydrogens (tertiary/aromatic N) is 4. The van der Waals surface area contributed by atoms with Crippen molar-refractivity contribution in [2.75, 3.05) is 0 Å². The van der Waals surface area contributed by atoms with Gasteiger partial charge in [0.2, 0.25) is 0 Å². The number of benzene rings is 1. The van der Waals surface area contributed by atoms with E-state index in [0.29, 0.717) is 34.4 Å². The van der Waals surface area contributed by atoms with Gasteiger partial charge in [-0.2, -0.15) is 0 Å². The maximum atomic E-state index is 10.9. The van der Waals surface area contributed by atoms with Crippen molar-refractivity contribution in [1.82, 2.24) is 20.2 Å². The largest absolute Gasteiger partial charge is 0.481 e. The lowest BCUT2D eigenvalue weighted by Gasteiger charge is -2.14. The monoisotopic (exact) mass is 328 g/mol. The van der Waals surface area contributed by atoms with Crippen LogP contribution in [0.15, 0.2) is 18.2 Å². The number of aromatic nitrogens is 4. The fourth-order valence-corrected chi connectivity index (χ4v) is 2.61. The van der Waals surface area contributed by atoms with Gasteiger partial charge in [0.15, 0.2) is 5.82 Å². The Bertz CT molecular complexity index is 625. The standard InChI is InChI=1S/C13H14Cl2N4O2/c1-2-8(6-11(20)21)7-19-13(16-17-18-19)12-9(14)4-3-5-10(12)15/h3-5,8H,2,6-7H2,1H3,(H,20,21). The molecule has 1 unspecified atom stereocenters. The van der Waals surface area contributed by atoms with E-state index in [1.807, 2.05) is 6.92 Å². The summed E-state index contributed by atoms with van der Waals surface area (Å²) in [5.41, 5.74) is 0.552. The molecular weight excluding hydrogens is 315 g/mol. The Morgan fingerprint density at radius 3 is 2.62 bits per heavy atom. The first-order valence-corrected chi connectivity index (χ1v) is 7.20. The SMILES string of the molecule is CCC(CC(=O)O)Cn1nnnc1-c1c(Cl)cccc1Cl. The van der Waals surface area contributed by atoms with Gasteiger partial charge in [0.05, 0.1) is 15.6 Å². The molecular formula is C13H14Cl2N4O2. The van der Waals surface area contributed by atoms with Crippen LogP contribution in [0.4, 0.5) is 0 Å². The van der Waals surface area contributed by atoms with Gasteiger partial charge >= 0.3 is 5.97 Å². The number of carbonyl (C=O) groups is 1. The lowest BCUT2D eigenvalue weighted by atomic mass is 10.0. The van der Waals surface area contributed by atoms with E-state index in [1.165, 1.54) is 0 Å². The predicted octanol–water partition coefficient (Wildman–Crippen LogP) is 3.15. The number of aliphatic carboxylic acids is 1. The van der Waals surface area contributed by atoms with Crippen LogP contribution < -0.4 is 0 Å². The van der Waals surface area contributed by atoms with Gasteiger partial charge in [-0.25, -0.2) is 4.68 Å². The van der Waals surface area contributed by atoms with Crippen LogP contribution in [0.1, 0.15) is 19.8 Å². The van der Waals surface area contributed by atoms with Gasteiger partial charge in [0.1, 0.15) is 0 Å². The molecule has 0 aliphatic carbocycles. The van der Waals surface area contributed by atoms with Gasteiger partial charge in [0, 0.05) is 13.0 Å². The molecule has 0 spiro atoms. The van der Waals surface area contributed by atoms with Gasteiger partial charge < -0.3 is 5.11 Å². The Morgan fingerprint density at radius 1 is 1.38 bits per heavy atom. The quantitative estimate of drug-likeness (QED) is 0.880. The average molecular weight is 329 g/mol. The van der Waals surface area contributed by atoms with Crippen LogP contribution in [0.25, 0.3) is 11.4 Å². The number of carboxylic acid groups (broad SMARTS) is 1. The van der Waals surface area contributed by atoms with Crippen molar-refractivity contribution in [1.29, 1.82) is 0 Å². The molecule has 2 aromatic rings. The molecule has 1 aromatic carbocycles. The van der Waals surface area contributed by atoms with Crippen molar-refractivity contribution in [3.05, 3.63) is 28.2 Å². The number of hydrogen-bond acceptors (Lipinski definition) is 4. The Hall–Kier alpha value is -1.66. The van der Waals surface area contributed by atoms with Gasteiger partial charge in [-0.05, 0) is 28.5 Å². The number of halogens is 2. The fraction of sp³-hybridized carbons (Fsp3) is 0.385. The fourth-order valence-electron chi connectivity index (χ4n) is 2.05. The van der Waals surface area contributed by atoms with Crippen molar-refractivity contribution in [2.45, 2.75) is 26.3 Å². The number of carboxylic acids is 1. The summed E-state index contributed by atoms with van der Waals surface area (Å²) in [6.45, 7) is 2.33. The van der Waals surface area contributed by atoms with E-state index >= 15 is 0 Å². The first-order valence-electron chi connectivity index (χ1n) is 6.45. The average Bonchev–Trinajstić information content (AvgIpc) is 2.85. The third-order valence-electron chi connectivity index (χ3n) is 3.19. The van der Waals surface area contributed by atoms with E-state index in [0.717, 1.165) is 0 Å². The van der Waals surface area contributed by atoms with E-state index in [9.17, 15) is 4.79 Å². The molecule has 0 saturated carbocycles. The van der Waals surface area contributed by atoms with Crippen LogP contribution in [0, 0.1) is 5.92 Å². The second-order valence-corrected chi connectivity index (χ2v) is 5.47. The third-order valence-corrected chi connectivity index (χ3v) is 3.82. The lowest BCUT2D eigenvalue weighted by Crippen LogP contribution is -2.16. The second-order valence-electron chi connectivity index (χ2n) is 4.65. The highest BCUT2D eigenvalue weighted by atomic mass is 35.5. The molecule has 0 amide bonds. The van der Waals surface area contributed by atoms with Gasteiger partial charge in [-0.1, -0.05) is 42.6 Å². The Labute approximate surface area is 131 Å². The van der Waals surface area contributed by atoms with Gasteiger partial charge in [0.25, 0.3) is 0 Å². The summed E-state index contributed by atoms with van der Waals surface area (Å²) in [4.78, 5) is 10.9. The van der Waals surface area contributed by atoms with Crippen LogP contribution in [0.2, 0.25) is 10.0 Å². The summed E-state index contributed by atoms with van der Waals surface area (Å²) in [7, 11) is 0. The van der Waals surface area contributed by atoms with Gasteiger partial charge in [-0.15, -0.1) is 5.10 Å². The normalized spacial score (nSPS) is 12.3. The molecule has 0 aliphatic rings. The van der Waals surface area contributed by atoms with Crippen molar-refractivity contribution in [3.63, 3.8) is 0 Å². The van der Waals surface area contributed by atoms with Crippen LogP contribution in [-0.2, 0) is 11.3 Å². The summed E-state index contributed by atoms with van der Waals surface area (Å²) in [5.74, 6) is -0.465. The topological polar surface area (TPSA) is 80.9 Å². The molecule has 1 atom stereocenters. The minimum atomic E-state index is -0.841. The van der Waals surface area contributed by atoms with E-state index in [2.05, 4.69) is 15.5 Å². The van der Waals surface area contributed by atoms with E-state index in [4.69, 9.17) is 28.3 Å². The highest BCUT2D eigenvalue weighted by Crippen LogP contribution is 2.33. The molecule has 2 rings (SSSR count). The zero-order valence-corrected chi connectivity index (χ0v) is 12.8. The summed E-state index contributed by atoms with van der Waals surface area (Å²) in [6, 6.07) is 5.15. The predicted molar refractivity (Wildman–Crippen MR) is 79.3 cm³/mol. The molecule has 8 heteroatoms. The second kappa shape index (κ2) is 6.87. The Morgan fingerprint density at radius 2 is 2.05 bits per heavy atom. The van der Waals surface area contributed by atoms with Crippen molar-refractivity contribution < 1.29 is 9.90 Å². The zero-order valence-electron chi connectivity index (χ0n) is 11.3. The molecule has 0 aliphatic heterocycles. The Kier molecular flexibility index (Phi) is 5.14. The molecule has 1 N–H and O–H groups in total. The van der Waals surface area contributed by atoms with Crippen LogP contribution >= 0.6 is 23.2 Å². The summed E-state index contributed by atoms with van der Waals surface area (Å²) >= 11 is 12.3. The zero-order chi connectivity index (χ0) is 15.4. The first kappa shape index (κ1) is 15.7. The molecule has 0 fully saturated rings. The van der Waals surface area contributed by atoms with Crippen LogP contribution in [-0.4, -0.2) is 31.3 Å². The molecule has 0 saturated heterocycles. The molecule has 0 radical (unpaired) electrons. The van der Waals surface area contributed by atoms with E-state index in [1.54, 1.807) is 22.9 Å². The smallest absolute Gasteiger partial charge is 0.303 e. The van der Waals surface area contributed by atoms with E-state index < -0.39 is 5.97 Å². The molecule has 1 heterocycles.